The number of rotatable bonds is 2. The molecule has 1 aliphatic rings. The Morgan fingerprint density at radius 1 is 0.895 bits per heavy atom. The minimum absolute atomic E-state index is 0.245. The third-order valence-corrected chi connectivity index (χ3v) is 3.50. The molecule has 94 valence electrons. The largest absolute Gasteiger partial charge is 0.269 e. The summed E-state index contributed by atoms with van der Waals surface area (Å²) in [5.41, 5.74) is 0.989. The van der Waals surface area contributed by atoms with E-state index >= 15 is 0 Å². The highest BCUT2D eigenvalue weighted by Gasteiger charge is 2.29. The highest BCUT2D eigenvalue weighted by molar-refractivity contribution is 6.13. The molecule has 2 aromatic carbocycles. The van der Waals surface area contributed by atoms with Crippen LogP contribution in [0.4, 0.5) is 0 Å². The van der Waals surface area contributed by atoms with Crippen LogP contribution in [-0.2, 0) is 9.59 Å². The lowest BCUT2D eigenvalue weighted by atomic mass is 9.99. The van der Waals surface area contributed by atoms with Gasteiger partial charge in [-0.3, -0.25) is 14.5 Å². The van der Waals surface area contributed by atoms with Crippen LogP contribution in [0.15, 0.2) is 54.6 Å². The van der Waals surface area contributed by atoms with Crippen LogP contribution in [0.2, 0.25) is 0 Å². The fourth-order valence-corrected chi connectivity index (χ4v) is 2.55. The molecule has 3 nitrogen and oxygen atoms in total. The van der Waals surface area contributed by atoms with Gasteiger partial charge in [-0.05, 0) is 23.3 Å². The van der Waals surface area contributed by atoms with Gasteiger partial charge in [-0.2, -0.15) is 0 Å². The summed E-state index contributed by atoms with van der Waals surface area (Å²) in [5, 5.41) is 2.18. The van der Waals surface area contributed by atoms with Crippen molar-refractivity contribution < 1.29 is 9.59 Å². The number of imide groups is 1. The lowest BCUT2D eigenvalue weighted by molar-refractivity contribution is -0.139. The maximum Gasteiger partial charge on any atom is 0.254 e. The first-order valence-electron chi connectivity index (χ1n) is 6.21. The number of nitrogens with zero attached hydrogens (tertiary/aromatic N) is 1. The second kappa shape index (κ2) is 4.35. The van der Waals surface area contributed by atoms with Crippen LogP contribution in [0, 0.1) is 0 Å². The number of fused-ring (bicyclic) bond motifs is 1. The minimum atomic E-state index is -0.263. The van der Waals surface area contributed by atoms with E-state index in [1.807, 2.05) is 49.4 Å². The van der Waals surface area contributed by atoms with Crippen LogP contribution >= 0.6 is 0 Å². The lowest BCUT2D eigenvalue weighted by Crippen LogP contribution is -2.32. The van der Waals surface area contributed by atoms with Crippen LogP contribution in [0.25, 0.3) is 10.8 Å². The lowest BCUT2D eigenvalue weighted by Gasteiger charge is -2.24. The van der Waals surface area contributed by atoms with Gasteiger partial charge in [0.2, 0.25) is 0 Å². The summed E-state index contributed by atoms with van der Waals surface area (Å²) >= 11 is 0. The first kappa shape index (κ1) is 11.7. The van der Waals surface area contributed by atoms with Crippen molar-refractivity contribution in [2.45, 2.75) is 13.0 Å². The summed E-state index contributed by atoms with van der Waals surface area (Å²) in [6.45, 7) is 1.88. The summed E-state index contributed by atoms with van der Waals surface area (Å²) < 4.78 is 0. The number of hydrogen-bond donors (Lipinski definition) is 0. The molecule has 3 rings (SSSR count). The van der Waals surface area contributed by atoms with Gasteiger partial charge in [0.15, 0.2) is 0 Å². The van der Waals surface area contributed by atoms with Gasteiger partial charge >= 0.3 is 0 Å². The topological polar surface area (TPSA) is 37.4 Å². The Labute approximate surface area is 111 Å². The average molecular weight is 251 g/mol. The Bertz CT molecular complexity index is 679. The second-order valence-electron chi connectivity index (χ2n) is 4.62. The van der Waals surface area contributed by atoms with Crippen LogP contribution in [0.5, 0.6) is 0 Å². The predicted molar refractivity (Wildman–Crippen MR) is 73.4 cm³/mol. The van der Waals surface area contributed by atoms with Gasteiger partial charge in [-0.1, -0.05) is 42.5 Å². The van der Waals surface area contributed by atoms with Gasteiger partial charge in [0.1, 0.15) is 0 Å². The number of carbonyl (C=O) groups excluding carboxylic acids is 2. The summed E-state index contributed by atoms with van der Waals surface area (Å²) in [4.78, 5) is 24.8. The quantitative estimate of drug-likeness (QED) is 0.770. The van der Waals surface area contributed by atoms with Crippen molar-refractivity contribution in [2.24, 2.45) is 0 Å². The Hall–Kier alpha value is -2.42. The van der Waals surface area contributed by atoms with Crippen molar-refractivity contribution in [1.29, 1.82) is 0 Å². The van der Waals surface area contributed by atoms with Gasteiger partial charge < -0.3 is 0 Å². The first-order valence-corrected chi connectivity index (χ1v) is 6.21. The monoisotopic (exact) mass is 251 g/mol. The molecule has 0 N–H and O–H groups in total. The van der Waals surface area contributed by atoms with Crippen molar-refractivity contribution in [3.63, 3.8) is 0 Å². The minimum Gasteiger partial charge on any atom is -0.269 e. The highest BCUT2D eigenvalue weighted by atomic mass is 16.2. The Morgan fingerprint density at radius 2 is 1.53 bits per heavy atom. The number of benzene rings is 2. The Morgan fingerprint density at radius 3 is 2.26 bits per heavy atom. The number of hydrogen-bond acceptors (Lipinski definition) is 2. The molecular weight excluding hydrogens is 238 g/mol. The second-order valence-corrected chi connectivity index (χ2v) is 4.62. The fraction of sp³-hybridized carbons (Fsp3) is 0.125. The van der Waals surface area contributed by atoms with Crippen LogP contribution in [0.1, 0.15) is 18.5 Å². The zero-order valence-electron chi connectivity index (χ0n) is 10.5. The summed E-state index contributed by atoms with van der Waals surface area (Å²) in [5.74, 6) is -0.490. The third kappa shape index (κ3) is 1.83. The third-order valence-electron chi connectivity index (χ3n) is 3.50. The molecular formula is C16H13NO2. The first-order chi connectivity index (χ1) is 9.18. The van der Waals surface area contributed by atoms with Crippen molar-refractivity contribution >= 4 is 22.6 Å². The molecule has 3 heteroatoms. The van der Waals surface area contributed by atoms with Crippen LogP contribution < -0.4 is 0 Å². The maximum absolute atomic E-state index is 11.8. The van der Waals surface area contributed by atoms with E-state index in [0.29, 0.717) is 0 Å². The molecule has 0 bridgehead atoms. The van der Waals surface area contributed by atoms with Crippen LogP contribution in [0.3, 0.4) is 0 Å². The molecule has 0 saturated carbocycles. The molecule has 0 spiro atoms. The van der Waals surface area contributed by atoms with Crippen LogP contribution in [-0.4, -0.2) is 16.7 Å². The van der Waals surface area contributed by atoms with Crippen molar-refractivity contribution in [3.8, 4) is 0 Å². The van der Waals surface area contributed by atoms with Crippen molar-refractivity contribution in [2.75, 3.05) is 0 Å². The molecule has 0 aromatic heterocycles. The van der Waals surface area contributed by atoms with Crippen molar-refractivity contribution in [1.82, 2.24) is 4.90 Å². The Kier molecular flexibility index (Phi) is 2.67. The maximum atomic E-state index is 11.8. The zero-order valence-corrected chi connectivity index (χ0v) is 10.5. The highest BCUT2D eigenvalue weighted by Crippen LogP contribution is 2.29. The average Bonchev–Trinajstić information content (AvgIpc) is 2.77. The summed E-state index contributed by atoms with van der Waals surface area (Å²) in [6, 6.07) is 13.7. The van der Waals surface area contributed by atoms with Crippen molar-refractivity contribution in [3.05, 3.63) is 60.2 Å². The molecule has 0 fully saturated rings. The SMILES string of the molecule is CC(c1cccc2ccccc12)N1C(=O)C=CC1=O. The fourth-order valence-electron chi connectivity index (χ4n) is 2.55. The van der Waals surface area contributed by atoms with E-state index in [-0.39, 0.29) is 17.9 Å². The molecule has 1 heterocycles. The van der Waals surface area contributed by atoms with Gasteiger partial charge in [-0.15, -0.1) is 0 Å². The predicted octanol–water partition coefficient (Wildman–Crippen LogP) is 2.83. The molecule has 1 unspecified atom stereocenters. The molecule has 0 aliphatic carbocycles. The standard InChI is InChI=1S/C16H13NO2/c1-11(17-15(18)9-10-16(17)19)13-8-4-6-12-5-2-3-7-14(12)13/h2-11H,1H3. The molecule has 19 heavy (non-hydrogen) atoms. The normalized spacial score (nSPS) is 16.4. The molecule has 0 radical (unpaired) electrons. The molecule has 2 amide bonds. The summed E-state index contributed by atoms with van der Waals surface area (Å²) in [6.07, 6.45) is 2.65. The van der Waals surface area contributed by atoms with E-state index < -0.39 is 0 Å². The van der Waals surface area contributed by atoms with Gasteiger partial charge in [-0.25, -0.2) is 0 Å². The van der Waals surface area contributed by atoms with E-state index in [2.05, 4.69) is 0 Å². The molecule has 2 aromatic rings. The van der Waals surface area contributed by atoms with E-state index in [4.69, 9.17) is 0 Å². The van der Waals surface area contributed by atoms with E-state index in [1.165, 1.54) is 17.1 Å². The number of amides is 2. The van der Waals surface area contributed by atoms with Gasteiger partial charge in [0, 0.05) is 12.2 Å². The Balaban J connectivity index is 2.10. The number of carbonyl (C=O) groups is 2. The molecule has 0 saturated heterocycles. The molecule has 1 aliphatic heterocycles. The van der Waals surface area contributed by atoms with E-state index in [0.717, 1.165) is 16.3 Å². The smallest absolute Gasteiger partial charge is 0.254 e. The van der Waals surface area contributed by atoms with E-state index in [9.17, 15) is 9.59 Å². The summed E-state index contributed by atoms with van der Waals surface area (Å²) in [7, 11) is 0. The zero-order chi connectivity index (χ0) is 13.4. The molecule has 1 atom stereocenters. The van der Waals surface area contributed by atoms with Gasteiger partial charge in [0.25, 0.3) is 11.8 Å². The van der Waals surface area contributed by atoms with Gasteiger partial charge in [0.05, 0.1) is 6.04 Å². The van der Waals surface area contributed by atoms with E-state index in [1.54, 1.807) is 0 Å².